The minimum Gasteiger partial charge on any atom is -0.491 e. The van der Waals surface area contributed by atoms with Gasteiger partial charge >= 0.3 is 5.97 Å². The summed E-state index contributed by atoms with van der Waals surface area (Å²) in [5.41, 5.74) is 5.02. The number of amides is 1. The molecule has 0 fully saturated rings. The minimum absolute atomic E-state index is 0.0361. The lowest BCUT2D eigenvalue weighted by molar-refractivity contribution is -0.139. The first-order valence-electron chi connectivity index (χ1n) is 14.8. The molecule has 226 valence electrons. The van der Waals surface area contributed by atoms with Gasteiger partial charge in [-0.3, -0.25) is 4.79 Å². The van der Waals surface area contributed by atoms with E-state index in [4.69, 9.17) is 14.9 Å². The lowest BCUT2D eigenvalue weighted by Crippen LogP contribution is -2.31. The Morgan fingerprint density at radius 2 is 1.90 bits per heavy atom. The Morgan fingerprint density at radius 3 is 2.69 bits per heavy atom. The van der Waals surface area contributed by atoms with Gasteiger partial charge in [0.1, 0.15) is 18.1 Å². The Balaban J connectivity index is 1.79. The van der Waals surface area contributed by atoms with Crippen molar-refractivity contribution in [1.82, 2.24) is 0 Å². The molecule has 0 spiro atoms. The van der Waals surface area contributed by atoms with E-state index in [1.54, 1.807) is 19.1 Å². The predicted molar refractivity (Wildman–Crippen MR) is 167 cm³/mol. The van der Waals surface area contributed by atoms with Gasteiger partial charge in [0, 0.05) is 18.7 Å². The summed E-state index contributed by atoms with van der Waals surface area (Å²) >= 11 is 0. The number of rotatable bonds is 2. The second-order valence-corrected chi connectivity index (χ2v) is 12.8. The van der Waals surface area contributed by atoms with Crippen molar-refractivity contribution in [1.29, 1.82) is 5.41 Å². The SMILES string of the molecule is Cc1ccc2c(c1)CCCCOc1ccc3cc1N(C2)C[C@H](C)[C@@H](C)C/C=C/[C@H](OC(=O)C=N)[C@H](C)C[S-](=O)=NC3=O. The molecule has 0 aromatic heterocycles. The van der Waals surface area contributed by atoms with E-state index >= 15 is 0 Å². The van der Waals surface area contributed by atoms with Crippen molar-refractivity contribution >= 4 is 34.4 Å². The van der Waals surface area contributed by atoms with Gasteiger partial charge < -0.3 is 28.4 Å². The predicted octanol–water partition coefficient (Wildman–Crippen LogP) is 6.43. The van der Waals surface area contributed by atoms with E-state index in [2.05, 4.69) is 48.2 Å². The molecule has 42 heavy (non-hydrogen) atoms. The molecule has 0 aliphatic carbocycles. The third-order valence-corrected chi connectivity index (χ3v) is 9.38. The molecule has 0 saturated heterocycles. The van der Waals surface area contributed by atoms with Crippen molar-refractivity contribution in [3.63, 3.8) is 0 Å². The Hall–Kier alpha value is -3.46. The molecule has 0 unspecified atom stereocenters. The molecule has 0 radical (unpaired) electrons. The van der Waals surface area contributed by atoms with Gasteiger partial charge in [-0.15, -0.1) is 0 Å². The lowest BCUT2D eigenvalue weighted by atomic mass is 9.91. The number of nitrogens with zero attached hydrogens (tertiary/aromatic N) is 2. The number of hydrogen-bond donors (Lipinski definition) is 1. The normalized spacial score (nSPS) is 25.1. The van der Waals surface area contributed by atoms with Crippen LogP contribution in [0.4, 0.5) is 5.69 Å². The van der Waals surface area contributed by atoms with Crippen LogP contribution in [0.3, 0.4) is 0 Å². The molecule has 0 saturated carbocycles. The Bertz CT molecular complexity index is 1410. The number of esters is 1. The molecule has 2 aliphatic heterocycles. The molecule has 2 aromatic carbocycles. The minimum atomic E-state index is -1.83. The molecule has 4 atom stereocenters. The molecule has 2 aromatic rings. The Kier molecular flexibility index (Phi) is 11.0. The highest BCUT2D eigenvalue weighted by molar-refractivity contribution is 7.75. The number of carbonyl (C=O) groups excluding carboxylic acids is 2. The Labute approximate surface area is 251 Å². The summed E-state index contributed by atoms with van der Waals surface area (Å²) in [5, 5.41) is 7.22. The molecule has 2 aliphatic rings. The molecule has 9 heteroatoms. The maximum atomic E-state index is 13.3. The highest BCUT2D eigenvalue weighted by Gasteiger charge is 2.23. The number of benzene rings is 2. The number of ether oxygens (including phenoxy) is 2. The van der Waals surface area contributed by atoms with Crippen LogP contribution in [-0.2, 0) is 37.3 Å². The monoisotopic (exact) mass is 592 g/mol. The highest BCUT2D eigenvalue weighted by Crippen LogP contribution is 2.35. The molecule has 2 heterocycles. The van der Waals surface area contributed by atoms with Crippen LogP contribution in [0.1, 0.15) is 67.1 Å². The smallest absolute Gasteiger partial charge is 0.349 e. The molecule has 1 amide bonds. The number of anilines is 1. The maximum absolute atomic E-state index is 13.3. The van der Waals surface area contributed by atoms with Crippen LogP contribution >= 0.6 is 0 Å². The van der Waals surface area contributed by atoms with Crippen LogP contribution in [0.15, 0.2) is 52.9 Å². The number of nitrogens with one attached hydrogen (secondary N) is 1. The van der Waals surface area contributed by atoms with E-state index in [0.717, 1.165) is 43.7 Å². The largest absolute Gasteiger partial charge is 0.491 e. The summed E-state index contributed by atoms with van der Waals surface area (Å²) in [7, 11) is -1.83. The van der Waals surface area contributed by atoms with Crippen LogP contribution in [0.5, 0.6) is 5.75 Å². The van der Waals surface area contributed by atoms with Gasteiger partial charge in [-0.2, -0.15) is 10.6 Å². The molecule has 2 bridgehead atoms. The first-order chi connectivity index (χ1) is 20.1. The second-order valence-electron chi connectivity index (χ2n) is 11.7. The average molecular weight is 593 g/mol. The standard InChI is InChI=1S/C33H42N3O5S/c1-22-11-12-28-20-36-19-24(3)23(2)8-7-10-30(41-32(37)18-34)25(4)21-42(39)35-33(38)27-13-14-31(29(36)17-27)40-15-6-5-9-26(28)16-22/h7,10-14,16-18,23-25,30,34H,5-6,8-9,15,19-21H2,1-4H3/q-1/b10-7+,34-18?/t23-,24-,25+,30-/m0/s1. The van der Waals surface area contributed by atoms with Crippen molar-refractivity contribution in [2.24, 2.45) is 22.1 Å². The van der Waals surface area contributed by atoms with E-state index in [1.165, 1.54) is 16.7 Å². The van der Waals surface area contributed by atoms with Crippen molar-refractivity contribution in [3.05, 3.63) is 70.8 Å². The van der Waals surface area contributed by atoms with E-state index in [-0.39, 0.29) is 23.5 Å². The lowest BCUT2D eigenvalue weighted by Gasteiger charge is -2.32. The summed E-state index contributed by atoms with van der Waals surface area (Å²) in [6.45, 7) is 10.3. The fourth-order valence-electron chi connectivity index (χ4n) is 5.42. The summed E-state index contributed by atoms with van der Waals surface area (Å²) in [6.07, 6.45) is 7.44. The van der Waals surface area contributed by atoms with Gasteiger partial charge in [0.25, 0.3) is 5.91 Å². The fourth-order valence-corrected chi connectivity index (χ4v) is 6.42. The number of fused-ring (bicyclic) bond motifs is 2. The van der Waals surface area contributed by atoms with Gasteiger partial charge in [-0.1, -0.05) is 56.4 Å². The molecule has 4 rings (SSSR count). The molecule has 8 nitrogen and oxygen atoms in total. The second kappa shape index (κ2) is 14.6. The quantitative estimate of drug-likeness (QED) is 0.186. The van der Waals surface area contributed by atoms with Gasteiger partial charge in [-0.05, 0) is 85.8 Å². The zero-order valence-electron chi connectivity index (χ0n) is 25.0. The van der Waals surface area contributed by atoms with Gasteiger partial charge in [-0.25, -0.2) is 4.79 Å². The highest BCUT2D eigenvalue weighted by atomic mass is 32.2. The van der Waals surface area contributed by atoms with Crippen LogP contribution in [-0.4, -0.2) is 43.1 Å². The summed E-state index contributed by atoms with van der Waals surface area (Å²) < 4.78 is 28.7. The number of hydrogen-bond acceptors (Lipinski definition) is 8. The number of aryl methyl sites for hydroxylation is 2. The molecule has 1 N–H and O–H groups in total. The zero-order chi connectivity index (χ0) is 30.2. The summed E-state index contributed by atoms with van der Waals surface area (Å²) in [6, 6.07) is 12.0. The molecular formula is C33H42N3O5S-. The first kappa shape index (κ1) is 31.5. The van der Waals surface area contributed by atoms with Crippen molar-refractivity contribution < 1.29 is 23.3 Å². The van der Waals surface area contributed by atoms with E-state index < -0.39 is 28.6 Å². The third-order valence-electron chi connectivity index (χ3n) is 8.20. The van der Waals surface area contributed by atoms with Crippen LogP contribution in [0, 0.1) is 30.1 Å². The Morgan fingerprint density at radius 1 is 1.10 bits per heavy atom. The average Bonchev–Trinajstić information content (AvgIpc) is 2.98. The number of carbonyl (C=O) groups is 2. The van der Waals surface area contributed by atoms with Gasteiger partial charge in [0.05, 0.1) is 12.3 Å². The van der Waals surface area contributed by atoms with Crippen LogP contribution in [0.25, 0.3) is 0 Å². The van der Waals surface area contributed by atoms with E-state index in [9.17, 15) is 13.8 Å². The summed E-state index contributed by atoms with van der Waals surface area (Å²) in [4.78, 5) is 27.4. The van der Waals surface area contributed by atoms with Crippen molar-refractivity contribution in [3.8, 4) is 5.75 Å². The van der Waals surface area contributed by atoms with Gasteiger partial charge in [0.2, 0.25) is 0 Å². The van der Waals surface area contributed by atoms with Crippen LogP contribution < -0.4 is 9.64 Å². The number of allylic oxidation sites excluding steroid dienone is 1. The van der Waals surface area contributed by atoms with Crippen molar-refractivity contribution in [2.45, 2.75) is 66.0 Å². The fraction of sp³-hybridized carbons (Fsp3) is 0.485. The topological polar surface area (TPSA) is 109 Å². The molecular weight excluding hydrogens is 550 g/mol. The maximum Gasteiger partial charge on any atom is 0.349 e. The van der Waals surface area contributed by atoms with E-state index in [1.807, 2.05) is 18.2 Å². The van der Waals surface area contributed by atoms with Crippen LogP contribution in [0.2, 0.25) is 0 Å². The third kappa shape index (κ3) is 8.31. The summed E-state index contributed by atoms with van der Waals surface area (Å²) in [5.74, 6) is -0.379. The van der Waals surface area contributed by atoms with Crippen molar-refractivity contribution in [2.75, 3.05) is 23.8 Å². The van der Waals surface area contributed by atoms with E-state index in [0.29, 0.717) is 24.9 Å². The zero-order valence-corrected chi connectivity index (χ0v) is 25.8. The first-order valence-corrected chi connectivity index (χ1v) is 16.0. The van der Waals surface area contributed by atoms with Gasteiger partial charge in [0.15, 0.2) is 0 Å².